The maximum Gasteiger partial charge on any atom is 0.408 e. The van der Waals surface area contributed by atoms with Crippen LogP contribution in [0.1, 0.15) is 32.8 Å². The molecule has 2 amide bonds. The zero-order chi connectivity index (χ0) is 19.3. The monoisotopic (exact) mass is 362 g/mol. The molecule has 0 bridgehead atoms. The van der Waals surface area contributed by atoms with Gasteiger partial charge in [-0.2, -0.15) is 0 Å². The number of nitrogens with one attached hydrogen (secondary N) is 1. The van der Waals surface area contributed by atoms with Crippen LogP contribution in [0.4, 0.5) is 4.79 Å². The van der Waals surface area contributed by atoms with Gasteiger partial charge in [0.25, 0.3) is 0 Å². The largest absolute Gasteiger partial charge is 0.497 e. The van der Waals surface area contributed by atoms with E-state index in [-0.39, 0.29) is 18.2 Å². The summed E-state index contributed by atoms with van der Waals surface area (Å²) in [6.07, 6.45) is -0.00454. The van der Waals surface area contributed by atoms with Crippen LogP contribution in [0.5, 0.6) is 5.75 Å². The molecule has 1 fully saturated rings. The molecule has 1 aromatic rings. The van der Waals surface area contributed by atoms with Crippen molar-refractivity contribution in [3.05, 3.63) is 29.8 Å². The predicted molar refractivity (Wildman–Crippen MR) is 96.1 cm³/mol. The van der Waals surface area contributed by atoms with E-state index in [1.165, 1.54) is 4.90 Å². The molecule has 0 saturated carbocycles. The van der Waals surface area contributed by atoms with E-state index < -0.39 is 17.7 Å². The van der Waals surface area contributed by atoms with E-state index in [2.05, 4.69) is 5.32 Å². The van der Waals surface area contributed by atoms with Crippen molar-refractivity contribution in [3.63, 3.8) is 0 Å². The maximum atomic E-state index is 12.8. The summed E-state index contributed by atoms with van der Waals surface area (Å²) in [4.78, 5) is 37.9. The Morgan fingerprint density at radius 3 is 2.38 bits per heavy atom. The molecule has 0 aromatic heterocycles. The lowest BCUT2D eigenvalue weighted by Gasteiger charge is -2.26. The Morgan fingerprint density at radius 2 is 1.88 bits per heavy atom. The highest BCUT2D eigenvalue weighted by Gasteiger charge is 2.32. The number of carbonyl (C=O) groups excluding carboxylic acids is 3. The second-order valence-corrected chi connectivity index (χ2v) is 7.30. The molecule has 1 aliphatic rings. The molecule has 7 heteroatoms. The van der Waals surface area contributed by atoms with Crippen LogP contribution in [0.15, 0.2) is 24.3 Å². The minimum absolute atomic E-state index is 0.0267. The maximum absolute atomic E-state index is 12.8. The predicted octanol–water partition coefficient (Wildman–Crippen LogP) is 1.93. The van der Waals surface area contributed by atoms with Crippen molar-refractivity contribution in [2.45, 2.75) is 45.3 Å². The molecule has 26 heavy (non-hydrogen) atoms. The van der Waals surface area contributed by atoms with Gasteiger partial charge >= 0.3 is 6.09 Å². The van der Waals surface area contributed by atoms with E-state index in [4.69, 9.17) is 9.47 Å². The smallest absolute Gasteiger partial charge is 0.408 e. The second-order valence-electron chi connectivity index (χ2n) is 7.30. The fourth-order valence-corrected chi connectivity index (χ4v) is 2.69. The van der Waals surface area contributed by atoms with E-state index in [9.17, 15) is 14.4 Å². The topological polar surface area (TPSA) is 84.9 Å². The van der Waals surface area contributed by atoms with Crippen LogP contribution in [0.2, 0.25) is 0 Å². The van der Waals surface area contributed by atoms with Crippen molar-refractivity contribution in [2.75, 3.05) is 20.2 Å². The van der Waals surface area contributed by atoms with Gasteiger partial charge in [0.2, 0.25) is 5.91 Å². The Bertz CT molecular complexity index is 664. The summed E-state index contributed by atoms with van der Waals surface area (Å²) in [7, 11) is 1.58. The van der Waals surface area contributed by atoms with Crippen molar-refractivity contribution in [1.29, 1.82) is 0 Å². The first-order valence-electron chi connectivity index (χ1n) is 8.61. The van der Waals surface area contributed by atoms with Crippen LogP contribution in [0.25, 0.3) is 0 Å². The molecule has 0 aliphatic carbocycles. The molecule has 1 heterocycles. The van der Waals surface area contributed by atoms with Crippen LogP contribution < -0.4 is 10.1 Å². The summed E-state index contributed by atoms with van der Waals surface area (Å²) >= 11 is 0. The third-order valence-corrected chi connectivity index (χ3v) is 3.93. The van der Waals surface area contributed by atoms with Crippen LogP contribution in [0, 0.1) is 0 Å². The number of rotatable bonds is 5. The normalized spacial score (nSPS) is 15.5. The first kappa shape index (κ1) is 19.8. The van der Waals surface area contributed by atoms with E-state index in [1.807, 2.05) is 12.1 Å². The SMILES string of the molecule is COc1ccc(C[C@H](NC(=O)OC(C)(C)C)C(=O)N2CCC(=O)C2)cc1. The third-order valence-electron chi connectivity index (χ3n) is 3.93. The molecular weight excluding hydrogens is 336 g/mol. The standard InChI is InChI=1S/C19H26N2O5/c1-19(2,3)26-18(24)20-16(17(23)21-10-9-14(22)12-21)11-13-5-7-15(25-4)8-6-13/h5-8,16H,9-12H2,1-4H3,(H,20,24)/t16-/m0/s1. The Hall–Kier alpha value is -2.57. The summed E-state index contributed by atoms with van der Waals surface area (Å²) in [6, 6.07) is 6.47. The van der Waals surface area contributed by atoms with E-state index in [0.29, 0.717) is 25.1 Å². The summed E-state index contributed by atoms with van der Waals surface area (Å²) in [5.74, 6) is 0.457. The average Bonchev–Trinajstić information content (AvgIpc) is 2.99. The average molecular weight is 362 g/mol. The summed E-state index contributed by atoms with van der Waals surface area (Å²) in [6.45, 7) is 5.74. The number of carbonyl (C=O) groups is 3. The number of amides is 2. The molecule has 1 N–H and O–H groups in total. The minimum Gasteiger partial charge on any atom is -0.497 e. The van der Waals surface area contributed by atoms with Gasteiger partial charge in [0, 0.05) is 19.4 Å². The highest BCUT2D eigenvalue weighted by Crippen LogP contribution is 2.15. The van der Waals surface area contributed by atoms with Gasteiger partial charge in [-0.15, -0.1) is 0 Å². The lowest BCUT2D eigenvalue weighted by Crippen LogP contribution is -2.50. The van der Waals surface area contributed by atoms with Crippen molar-refractivity contribution >= 4 is 17.8 Å². The number of alkyl carbamates (subject to hydrolysis) is 1. The molecule has 1 atom stereocenters. The number of Topliss-reactive ketones (excluding diaryl/α,β-unsaturated/α-hetero) is 1. The Labute approximate surface area is 153 Å². The fourth-order valence-electron chi connectivity index (χ4n) is 2.69. The van der Waals surface area contributed by atoms with Crippen molar-refractivity contribution in [3.8, 4) is 5.75 Å². The number of ether oxygens (including phenoxy) is 2. The Balaban J connectivity index is 2.12. The van der Waals surface area contributed by atoms with E-state index >= 15 is 0 Å². The van der Waals surface area contributed by atoms with Gasteiger partial charge in [-0.25, -0.2) is 4.79 Å². The first-order valence-corrected chi connectivity index (χ1v) is 8.61. The quantitative estimate of drug-likeness (QED) is 0.865. The summed E-state index contributed by atoms with van der Waals surface area (Å²) in [5, 5.41) is 2.65. The second kappa shape index (κ2) is 8.21. The number of benzene rings is 1. The molecule has 0 unspecified atom stereocenters. The summed E-state index contributed by atoms with van der Waals surface area (Å²) < 4.78 is 10.4. The van der Waals surface area contributed by atoms with Crippen LogP contribution >= 0.6 is 0 Å². The van der Waals surface area contributed by atoms with Crippen LogP contribution in [-0.4, -0.2) is 54.5 Å². The van der Waals surface area contributed by atoms with Crippen molar-refractivity contribution < 1.29 is 23.9 Å². The van der Waals surface area contributed by atoms with E-state index in [1.54, 1.807) is 40.0 Å². The fraction of sp³-hybridized carbons (Fsp3) is 0.526. The number of methoxy groups -OCH3 is 1. The molecular formula is C19H26N2O5. The minimum atomic E-state index is -0.802. The van der Waals surface area contributed by atoms with Crippen molar-refractivity contribution in [2.24, 2.45) is 0 Å². The van der Waals surface area contributed by atoms with Crippen molar-refractivity contribution in [1.82, 2.24) is 10.2 Å². The number of hydrogen-bond donors (Lipinski definition) is 1. The van der Waals surface area contributed by atoms with E-state index in [0.717, 1.165) is 5.56 Å². The molecule has 1 aliphatic heterocycles. The van der Waals surface area contributed by atoms with Gasteiger partial charge in [-0.1, -0.05) is 12.1 Å². The molecule has 1 aromatic carbocycles. The van der Waals surface area contributed by atoms with Gasteiger partial charge in [0.15, 0.2) is 5.78 Å². The Kier molecular flexibility index (Phi) is 6.23. The first-order chi connectivity index (χ1) is 12.2. The van der Waals surface area contributed by atoms with Gasteiger partial charge in [0.05, 0.1) is 13.7 Å². The Morgan fingerprint density at radius 1 is 1.23 bits per heavy atom. The number of hydrogen-bond acceptors (Lipinski definition) is 5. The summed E-state index contributed by atoms with van der Waals surface area (Å²) in [5.41, 5.74) is 0.201. The molecule has 7 nitrogen and oxygen atoms in total. The zero-order valence-electron chi connectivity index (χ0n) is 15.7. The third kappa shape index (κ3) is 5.75. The number of nitrogens with zero attached hydrogens (tertiary/aromatic N) is 1. The van der Waals surface area contributed by atoms with Gasteiger partial charge < -0.3 is 19.7 Å². The lowest BCUT2D eigenvalue weighted by molar-refractivity contribution is -0.133. The molecule has 1 saturated heterocycles. The number of likely N-dealkylation sites (tertiary alicyclic amines) is 1. The van der Waals surface area contributed by atoms with Gasteiger partial charge in [-0.3, -0.25) is 9.59 Å². The van der Waals surface area contributed by atoms with Gasteiger partial charge in [-0.05, 0) is 38.5 Å². The zero-order valence-corrected chi connectivity index (χ0v) is 15.7. The molecule has 0 spiro atoms. The highest BCUT2D eigenvalue weighted by atomic mass is 16.6. The number of ketones is 1. The van der Waals surface area contributed by atoms with Crippen LogP contribution in [-0.2, 0) is 20.7 Å². The molecule has 142 valence electrons. The van der Waals surface area contributed by atoms with Gasteiger partial charge in [0.1, 0.15) is 17.4 Å². The molecule has 2 rings (SSSR count). The highest BCUT2D eigenvalue weighted by molar-refractivity contribution is 5.92. The molecule has 0 radical (unpaired) electrons. The van der Waals surface area contributed by atoms with Crippen LogP contribution in [0.3, 0.4) is 0 Å². The lowest BCUT2D eigenvalue weighted by atomic mass is 10.0.